The summed E-state index contributed by atoms with van der Waals surface area (Å²) < 4.78 is 0. The van der Waals surface area contributed by atoms with Crippen LogP contribution in [0.25, 0.3) is 33.7 Å². The molecule has 2 aromatic heterocycles. The maximum Gasteiger partial charge on any atom is 0.178 e. The van der Waals surface area contributed by atoms with Crippen molar-refractivity contribution in [3.63, 3.8) is 0 Å². The van der Waals surface area contributed by atoms with E-state index in [0.29, 0.717) is 5.82 Å². The second kappa shape index (κ2) is 6.34. The summed E-state index contributed by atoms with van der Waals surface area (Å²) in [5.41, 5.74) is 8.88. The standard InChI is InChI=1S/C23H21N3/c1-14-9-10-21(23-24-13-18-7-5-6-8-20(18)26-23)25-22(14)19-12-16(3)15(2)11-17(19)4/h5-13H,1-4H3. The molecule has 0 spiro atoms. The first kappa shape index (κ1) is 16.4. The van der Waals surface area contributed by atoms with Gasteiger partial charge in [-0.15, -0.1) is 0 Å². The molecule has 4 aromatic rings. The Bertz CT molecular complexity index is 1130. The number of fused-ring (bicyclic) bond motifs is 1. The molecule has 0 fully saturated rings. The van der Waals surface area contributed by atoms with Gasteiger partial charge in [0.15, 0.2) is 5.82 Å². The van der Waals surface area contributed by atoms with Crippen molar-refractivity contribution in [1.29, 1.82) is 0 Å². The Labute approximate surface area is 153 Å². The summed E-state index contributed by atoms with van der Waals surface area (Å²) in [5.74, 6) is 0.659. The highest BCUT2D eigenvalue weighted by atomic mass is 14.9. The van der Waals surface area contributed by atoms with Crippen LogP contribution in [-0.4, -0.2) is 15.0 Å². The minimum atomic E-state index is 0.659. The Balaban J connectivity index is 1.87. The van der Waals surface area contributed by atoms with Crippen LogP contribution in [0.15, 0.2) is 54.7 Å². The Morgan fingerprint density at radius 1 is 0.692 bits per heavy atom. The molecule has 3 nitrogen and oxygen atoms in total. The summed E-state index contributed by atoms with van der Waals surface area (Å²) in [6, 6.07) is 16.6. The summed E-state index contributed by atoms with van der Waals surface area (Å²) in [4.78, 5) is 14.1. The lowest BCUT2D eigenvalue weighted by molar-refractivity contribution is 1.16. The average molecular weight is 339 g/mol. The lowest BCUT2D eigenvalue weighted by atomic mass is 9.96. The van der Waals surface area contributed by atoms with E-state index in [-0.39, 0.29) is 0 Å². The Hall–Kier alpha value is -3.07. The molecule has 2 heterocycles. The van der Waals surface area contributed by atoms with Gasteiger partial charge in [-0.25, -0.2) is 15.0 Å². The zero-order valence-corrected chi connectivity index (χ0v) is 15.5. The van der Waals surface area contributed by atoms with Crippen LogP contribution < -0.4 is 0 Å². The predicted octanol–water partition coefficient (Wildman–Crippen LogP) is 5.59. The fourth-order valence-corrected chi connectivity index (χ4v) is 3.24. The average Bonchev–Trinajstić information content (AvgIpc) is 2.65. The zero-order chi connectivity index (χ0) is 18.3. The maximum atomic E-state index is 4.93. The lowest BCUT2D eigenvalue weighted by Crippen LogP contribution is -1.98. The molecule has 128 valence electrons. The van der Waals surface area contributed by atoms with Crippen molar-refractivity contribution in [3.05, 3.63) is 77.0 Å². The second-order valence-corrected chi connectivity index (χ2v) is 6.87. The molecule has 0 radical (unpaired) electrons. The molecular formula is C23H21N3. The number of benzene rings is 2. The van der Waals surface area contributed by atoms with Crippen LogP contribution in [0.4, 0.5) is 0 Å². The van der Waals surface area contributed by atoms with E-state index < -0.39 is 0 Å². The van der Waals surface area contributed by atoms with E-state index in [9.17, 15) is 0 Å². The van der Waals surface area contributed by atoms with Crippen LogP contribution in [-0.2, 0) is 0 Å². The maximum absolute atomic E-state index is 4.93. The monoisotopic (exact) mass is 339 g/mol. The van der Waals surface area contributed by atoms with Crippen molar-refractivity contribution in [2.75, 3.05) is 0 Å². The number of para-hydroxylation sites is 1. The molecule has 0 saturated heterocycles. The molecule has 0 aliphatic heterocycles. The van der Waals surface area contributed by atoms with Crippen LogP contribution in [0.1, 0.15) is 22.3 Å². The zero-order valence-electron chi connectivity index (χ0n) is 15.5. The summed E-state index contributed by atoms with van der Waals surface area (Å²) in [6.07, 6.45) is 1.86. The molecule has 0 unspecified atom stereocenters. The smallest absolute Gasteiger partial charge is 0.178 e. The van der Waals surface area contributed by atoms with Gasteiger partial charge in [0.05, 0.1) is 11.2 Å². The minimum absolute atomic E-state index is 0.659. The van der Waals surface area contributed by atoms with E-state index in [0.717, 1.165) is 27.9 Å². The molecule has 0 saturated carbocycles. The highest BCUT2D eigenvalue weighted by molar-refractivity contribution is 5.79. The third kappa shape index (κ3) is 2.86. The second-order valence-electron chi connectivity index (χ2n) is 6.87. The third-order valence-electron chi connectivity index (χ3n) is 4.91. The number of hydrogen-bond donors (Lipinski definition) is 0. The van der Waals surface area contributed by atoms with Gasteiger partial charge in [0.1, 0.15) is 5.69 Å². The van der Waals surface area contributed by atoms with Crippen molar-refractivity contribution >= 4 is 10.9 Å². The molecule has 0 N–H and O–H groups in total. The first-order chi connectivity index (χ1) is 12.5. The van der Waals surface area contributed by atoms with Crippen molar-refractivity contribution in [3.8, 4) is 22.8 Å². The molecule has 0 aliphatic rings. The van der Waals surface area contributed by atoms with Gasteiger partial charge in [-0.3, -0.25) is 0 Å². The first-order valence-electron chi connectivity index (χ1n) is 8.81. The fraction of sp³-hybridized carbons (Fsp3) is 0.174. The number of aromatic nitrogens is 3. The fourth-order valence-electron chi connectivity index (χ4n) is 3.24. The molecule has 0 amide bonds. The molecule has 0 aliphatic carbocycles. The molecular weight excluding hydrogens is 318 g/mol. The molecule has 0 bridgehead atoms. The Morgan fingerprint density at radius 2 is 1.46 bits per heavy atom. The van der Waals surface area contributed by atoms with E-state index in [4.69, 9.17) is 9.97 Å². The number of rotatable bonds is 2. The Morgan fingerprint density at radius 3 is 2.31 bits per heavy atom. The van der Waals surface area contributed by atoms with E-state index >= 15 is 0 Å². The molecule has 26 heavy (non-hydrogen) atoms. The molecule has 4 rings (SSSR count). The summed E-state index contributed by atoms with van der Waals surface area (Å²) in [5, 5.41) is 1.04. The normalized spacial score (nSPS) is 11.1. The van der Waals surface area contributed by atoms with Gasteiger partial charge in [0, 0.05) is 17.1 Å². The van der Waals surface area contributed by atoms with Gasteiger partial charge in [0.2, 0.25) is 0 Å². The molecule has 3 heteroatoms. The quantitative estimate of drug-likeness (QED) is 0.477. The molecule has 0 atom stereocenters. The van der Waals surface area contributed by atoms with Crippen LogP contribution >= 0.6 is 0 Å². The largest absolute Gasteiger partial charge is 0.244 e. The highest BCUT2D eigenvalue weighted by Gasteiger charge is 2.12. The van der Waals surface area contributed by atoms with Crippen LogP contribution in [0.5, 0.6) is 0 Å². The minimum Gasteiger partial charge on any atom is -0.244 e. The van der Waals surface area contributed by atoms with E-state index in [2.05, 4.69) is 50.9 Å². The van der Waals surface area contributed by atoms with Crippen molar-refractivity contribution in [2.45, 2.75) is 27.7 Å². The van der Waals surface area contributed by atoms with E-state index in [1.54, 1.807) is 0 Å². The van der Waals surface area contributed by atoms with Gasteiger partial charge in [0.25, 0.3) is 0 Å². The van der Waals surface area contributed by atoms with Gasteiger partial charge in [-0.05, 0) is 68.1 Å². The number of pyridine rings is 1. The van der Waals surface area contributed by atoms with Crippen LogP contribution in [0.3, 0.4) is 0 Å². The van der Waals surface area contributed by atoms with Crippen LogP contribution in [0, 0.1) is 27.7 Å². The van der Waals surface area contributed by atoms with Crippen LogP contribution in [0.2, 0.25) is 0 Å². The number of nitrogens with zero attached hydrogens (tertiary/aromatic N) is 3. The molecule has 2 aromatic carbocycles. The van der Waals surface area contributed by atoms with Crippen molar-refractivity contribution in [1.82, 2.24) is 15.0 Å². The van der Waals surface area contributed by atoms with Gasteiger partial charge in [-0.1, -0.05) is 30.3 Å². The SMILES string of the molecule is Cc1cc(C)c(-c2nc(-c3ncc4ccccc4n3)ccc2C)cc1C. The first-order valence-corrected chi connectivity index (χ1v) is 8.81. The number of aryl methyl sites for hydroxylation is 4. The van der Waals surface area contributed by atoms with Crippen molar-refractivity contribution in [2.24, 2.45) is 0 Å². The van der Waals surface area contributed by atoms with Gasteiger partial charge in [-0.2, -0.15) is 0 Å². The highest BCUT2D eigenvalue weighted by Crippen LogP contribution is 2.29. The lowest BCUT2D eigenvalue weighted by Gasteiger charge is -2.13. The third-order valence-corrected chi connectivity index (χ3v) is 4.91. The van der Waals surface area contributed by atoms with E-state index in [1.165, 1.54) is 22.3 Å². The van der Waals surface area contributed by atoms with Gasteiger partial charge >= 0.3 is 0 Å². The van der Waals surface area contributed by atoms with Crippen molar-refractivity contribution < 1.29 is 0 Å². The summed E-state index contributed by atoms with van der Waals surface area (Å²) in [7, 11) is 0. The van der Waals surface area contributed by atoms with E-state index in [1.807, 2.05) is 36.5 Å². The Kier molecular flexibility index (Phi) is 4.00. The van der Waals surface area contributed by atoms with Gasteiger partial charge < -0.3 is 0 Å². The topological polar surface area (TPSA) is 38.7 Å². The predicted molar refractivity (Wildman–Crippen MR) is 107 cm³/mol. The summed E-state index contributed by atoms with van der Waals surface area (Å²) in [6.45, 7) is 8.53. The number of hydrogen-bond acceptors (Lipinski definition) is 3. The summed E-state index contributed by atoms with van der Waals surface area (Å²) >= 11 is 0.